The minimum Gasteiger partial charge on any atom is -0.357 e. The summed E-state index contributed by atoms with van der Waals surface area (Å²) in [5.74, 6) is -0.875. The van der Waals surface area contributed by atoms with Crippen molar-refractivity contribution in [3.63, 3.8) is 0 Å². The van der Waals surface area contributed by atoms with Gasteiger partial charge in [0.05, 0.1) is 6.54 Å². The summed E-state index contributed by atoms with van der Waals surface area (Å²) in [6.07, 6.45) is 0. The molecule has 126 valence electrons. The molecule has 6 nitrogen and oxygen atoms in total. The van der Waals surface area contributed by atoms with Gasteiger partial charge in [-0.2, -0.15) is 0 Å². The molecule has 6 heteroatoms. The summed E-state index contributed by atoms with van der Waals surface area (Å²) in [6, 6.07) is 8.05. The minimum absolute atomic E-state index is 0.159. The molecule has 0 saturated heterocycles. The van der Waals surface area contributed by atoms with E-state index in [4.69, 9.17) is 0 Å². The number of hydrogen-bond donors (Lipinski definition) is 2. The predicted octanol–water partition coefficient (Wildman–Crippen LogP) is 1.04. The fourth-order valence-corrected chi connectivity index (χ4v) is 2.40. The zero-order chi connectivity index (χ0) is 17.6. The summed E-state index contributed by atoms with van der Waals surface area (Å²) < 4.78 is 0. The monoisotopic (exact) mass is 319 g/mol. The highest BCUT2D eigenvalue weighted by Gasteiger charge is 2.36. The van der Waals surface area contributed by atoms with Crippen LogP contribution in [0.15, 0.2) is 30.3 Å². The normalized spacial score (nSPS) is 12.2. The fraction of sp³-hybridized carbons (Fsp3) is 0.471. The number of likely N-dealkylation sites (N-methyl/N-ethyl adjacent to an activating group) is 2. The van der Waals surface area contributed by atoms with Crippen LogP contribution in [0.25, 0.3) is 0 Å². The zero-order valence-electron chi connectivity index (χ0n) is 14.3. The predicted molar refractivity (Wildman–Crippen MR) is 88.9 cm³/mol. The molecule has 0 spiro atoms. The van der Waals surface area contributed by atoms with Crippen LogP contribution in [0, 0.1) is 5.41 Å². The first kappa shape index (κ1) is 18.7. The van der Waals surface area contributed by atoms with Gasteiger partial charge in [-0.05, 0) is 17.5 Å². The molecule has 0 bridgehead atoms. The molecule has 0 saturated carbocycles. The van der Waals surface area contributed by atoms with Gasteiger partial charge in [0.15, 0.2) is 0 Å². The maximum absolute atomic E-state index is 12.3. The Bertz CT molecular complexity index is 564. The Morgan fingerprint density at radius 2 is 1.70 bits per heavy atom. The van der Waals surface area contributed by atoms with Crippen molar-refractivity contribution in [1.29, 1.82) is 0 Å². The summed E-state index contributed by atoms with van der Waals surface area (Å²) in [4.78, 5) is 37.7. The summed E-state index contributed by atoms with van der Waals surface area (Å²) >= 11 is 0. The Hall–Kier alpha value is -2.37. The van der Waals surface area contributed by atoms with Gasteiger partial charge in [0.1, 0.15) is 6.04 Å². The second kappa shape index (κ2) is 7.76. The van der Waals surface area contributed by atoms with Crippen molar-refractivity contribution < 1.29 is 14.4 Å². The maximum Gasteiger partial charge on any atom is 0.251 e. The molecule has 3 amide bonds. The van der Waals surface area contributed by atoms with E-state index in [-0.39, 0.29) is 24.3 Å². The van der Waals surface area contributed by atoms with Gasteiger partial charge >= 0.3 is 0 Å². The number of benzene rings is 1. The average molecular weight is 319 g/mol. The van der Waals surface area contributed by atoms with Crippen molar-refractivity contribution in [2.75, 3.05) is 20.6 Å². The van der Waals surface area contributed by atoms with E-state index < -0.39 is 11.5 Å². The van der Waals surface area contributed by atoms with E-state index in [1.165, 1.54) is 11.9 Å². The zero-order valence-corrected chi connectivity index (χ0v) is 14.3. The molecule has 0 aliphatic heterocycles. The van der Waals surface area contributed by atoms with Gasteiger partial charge in [-0.1, -0.05) is 39.0 Å². The largest absolute Gasteiger partial charge is 0.357 e. The highest BCUT2D eigenvalue weighted by atomic mass is 16.2. The van der Waals surface area contributed by atoms with E-state index in [1.54, 1.807) is 31.3 Å². The number of hydrogen-bond acceptors (Lipinski definition) is 3. The second-order valence-corrected chi connectivity index (χ2v) is 6.44. The Balaban J connectivity index is 2.72. The van der Waals surface area contributed by atoms with Crippen LogP contribution in [0.4, 0.5) is 0 Å². The van der Waals surface area contributed by atoms with Crippen molar-refractivity contribution >= 4 is 17.7 Å². The van der Waals surface area contributed by atoms with Crippen LogP contribution in [-0.2, 0) is 9.59 Å². The van der Waals surface area contributed by atoms with Crippen molar-refractivity contribution in [2.45, 2.75) is 26.8 Å². The van der Waals surface area contributed by atoms with Gasteiger partial charge in [0.25, 0.3) is 5.91 Å². The van der Waals surface area contributed by atoms with Crippen LogP contribution in [0.2, 0.25) is 0 Å². The molecule has 0 aromatic heterocycles. The summed E-state index contributed by atoms with van der Waals surface area (Å²) in [5, 5.41) is 5.16. The molecule has 23 heavy (non-hydrogen) atoms. The van der Waals surface area contributed by atoms with Crippen molar-refractivity contribution in [3.8, 4) is 0 Å². The van der Waals surface area contributed by atoms with E-state index in [0.717, 1.165) is 0 Å². The first-order chi connectivity index (χ1) is 10.7. The first-order valence-electron chi connectivity index (χ1n) is 7.49. The van der Waals surface area contributed by atoms with Gasteiger partial charge < -0.3 is 15.5 Å². The van der Waals surface area contributed by atoms with E-state index in [1.807, 2.05) is 26.8 Å². The van der Waals surface area contributed by atoms with E-state index in [9.17, 15) is 14.4 Å². The van der Waals surface area contributed by atoms with Crippen LogP contribution in [0.3, 0.4) is 0 Å². The van der Waals surface area contributed by atoms with Crippen LogP contribution in [-0.4, -0.2) is 49.3 Å². The third kappa shape index (κ3) is 5.09. The molecule has 1 aromatic rings. The average Bonchev–Trinajstić information content (AvgIpc) is 2.51. The molecule has 0 unspecified atom stereocenters. The van der Waals surface area contributed by atoms with E-state index >= 15 is 0 Å². The molecule has 0 fully saturated rings. The van der Waals surface area contributed by atoms with Crippen LogP contribution >= 0.6 is 0 Å². The molecule has 0 aliphatic rings. The van der Waals surface area contributed by atoms with Gasteiger partial charge in [-0.3, -0.25) is 14.4 Å². The van der Waals surface area contributed by atoms with Crippen molar-refractivity contribution in [2.24, 2.45) is 5.41 Å². The van der Waals surface area contributed by atoms with Crippen molar-refractivity contribution in [1.82, 2.24) is 15.5 Å². The number of carbonyl (C=O) groups is 3. The number of carbonyl (C=O) groups excluding carboxylic acids is 3. The van der Waals surface area contributed by atoms with Crippen LogP contribution in [0.1, 0.15) is 31.1 Å². The summed E-state index contributed by atoms with van der Waals surface area (Å²) in [6.45, 7) is 5.51. The third-order valence-electron chi connectivity index (χ3n) is 3.53. The third-order valence-corrected chi connectivity index (χ3v) is 3.53. The molecule has 2 N–H and O–H groups in total. The standard InChI is InChI=1S/C17H25N3O3/c1-17(2,3)14(16(23)18-4)20(5)13(21)11-19-15(22)12-9-7-6-8-10-12/h6-10,14H,11H2,1-5H3,(H,18,23)(H,19,22)/t14-/m0/s1. The molecular formula is C17H25N3O3. The Morgan fingerprint density at radius 1 is 1.13 bits per heavy atom. The lowest BCUT2D eigenvalue weighted by Gasteiger charge is -2.36. The quantitative estimate of drug-likeness (QED) is 0.851. The lowest BCUT2D eigenvalue weighted by Crippen LogP contribution is -2.55. The molecule has 1 atom stereocenters. The smallest absolute Gasteiger partial charge is 0.251 e. The molecule has 1 aromatic carbocycles. The SMILES string of the molecule is CNC(=O)[C@H](N(C)C(=O)CNC(=O)c1ccccc1)C(C)(C)C. The topological polar surface area (TPSA) is 78.5 Å². The van der Waals surface area contributed by atoms with Gasteiger partial charge in [-0.25, -0.2) is 0 Å². The highest BCUT2D eigenvalue weighted by Crippen LogP contribution is 2.23. The first-order valence-corrected chi connectivity index (χ1v) is 7.49. The molecule has 0 heterocycles. The highest BCUT2D eigenvalue weighted by molar-refractivity contribution is 5.97. The fourth-order valence-electron chi connectivity index (χ4n) is 2.40. The Morgan fingerprint density at radius 3 is 2.17 bits per heavy atom. The minimum atomic E-state index is -0.617. The van der Waals surface area contributed by atoms with Crippen molar-refractivity contribution in [3.05, 3.63) is 35.9 Å². The molecular weight excluding hydrogens is 294 g/mol. The number of nitrogens with zero attached hydrogens (tertiary/aromatic N) is 1. The van der Waals surface area contributed by atoms with E-state index in [2.05, 4.69) is 10.6 Å². The van der Waals surface area contributed by atoms with E-state index in [0.29, 0.717) is 5.56 Å². The van der Waals surface area contributed by atoms with Gasteiger partial charge in [0, 0.05) is 19.7 Å². The molecule has 1 rings (SSSR count). The number of amides is 3. The lowest BCUT2D eigenvalue weighted by molar-refractivity contribution is -0.141. The second-order valence-electron chi connectivity index (χ2n) is 6.44. The Labute approximate surface area is 137 Å². The van der Waals surface area contributed by atoms with Crippen LogP contribution in [0.5, 0.6) is 0 Å². The number of nitrogens with one attached hydrogen (secondary N) is 2. The number of rotatable bonds is 5. The van der Waals surface area contributed by atoms with Gasteiger partial charge in [0.2, 0.25) is 11.8 Å². The van der Waals surface area contributed by atoms with Crippen LogP contribution < -0.4 is 10.6 Å². The maximum atomic E-state index is 12.3. The summed E-state index contributed by atoms with van der Waals surface area (Å²) in [7, 11) is 3.11. The molecule has 0 radical (unpaired) electrons. The molecule has 0 aliphatic carbocycles. The van der Waals surface area contributed by atoms with Gasteiger partial charge in [-0.15, -0.1) is 0 Å². The Kier molecular flexibility index (Phi) is 6.30. The lowest BCUT2D eigenvalue weighted by atomic mass is 9.85. The summed E-state index contributed by atoms with van der Waals surface area (Å²) in [5.41, 5.74) is 0.0649.